The monoisotopic (exact) mass is 345 g/mol. The number of para-hydroxylation sites is 2. The second-order valence-corrected chi connectivity index (χ2v) is 5.51. The normalized spacial score (nSPS) is 10.5. The highest BCUT2D eigenvalue weighted by Crippen LogP contribution is 2.12. The quantitative estimate of drug-likeness (QED) is 0.499. The molecule has 0 spiro atoms. The van der Waals surface area contributed by atoms with E-state index in [1.165, 1.54) is 0 Å². The van der Waals surface area contributed by atoms with Gasteiger partial charge in [-0.25, -0.2) is 0 Å². The molecule has 1 amide bonds. The van der Waals surface area contributed by atoms with Gasteiger partial charge in [-0.3, -0.25) is 10.2 Å². The smallest absolute Gasteiger partial charge is 0.262 e. The predicted octanol–water partition coefficient (Wildman–Crippen LogP) is 4.15. The molecular weight excluding hydrogens is 326 g/mol. The predicted molar refractivity (Wildman–Crippen MR) is 105 cm³/mol. The molecule has 0 saturated carbocycles. The highest BCUT2D eigenvalue weighted by molar-refractivity contribution is 5.91. The Balaban J connectivity index is 1.46. The molecule has 130 valence electrons. The van der Waals surface area contributed by atoms with E-state index in [4.69, 9.17) is 4.74 Å². The van der Waals surface area contributed by atoms with Gasteiger partial charge in [-0.1, -0.05) is 36.4 Å². The summed E-state index contributed by atoms with van der Waals surface area (Å²) in [4.78, 5) is 11.9. The Hall–Kier alpha value is -3.60. The Morgan fingerprint density at radius 2 is 1.46 bits per heavy atom. The molecule has 0 aliphatic rings. The molecule has 3 rings (SSSR count). The maximum atomic E-state index is 11.9. The van der Waals surface area contributed by atoms with Crippen LogP contribution in [0, 0.1) is 0 Å². The second kappa shape index (κ2) is 9.03. The molecule has 0 aliphatic heterocycles. The number of nitrogens with zero attached hydrogens (tertiary/aromatic N) is 1. The zero-order valence-electron chi connectivity index (χ0n) is 14.1. The second-order valence-electron chi connectivity index (χ2n) is 5.51. The van der Waals surface area contributed by atoms with E-state index in [1.54, 1.807) is 18.3 Å². The number of hydrogen-bond donors (Lipinski definition) is 2. The summed E-state index contributed by atoms with van der Waals surface area (Å²) in [6.45, 7) is -0.0438. The van der Waals surface area contributed by atoms with Gasteiger partial charge in [0.2, 0.25) is 0 Å². The van der Waals surface area contributed by atoms with Gasteiger partial charge >= 0.3 is 0 Å². The van der Waals surface area contributed by atoms with Crippen molar-refractivity contribution < 1.29 is 9.53 Å². The van der Waals surface area contributed by atoms with Crippen LogP contribution in [0.25, 0.3) is 0 Å². The minimum Gasteiger partial charge on any atom is -0.484 e. The van der Waals surface area contributed by atoms with Gasteiger partial charge in [0.25, 0.3) is 5.91 Å². The van der Waals surface area contributed by atoms with Crippen molar-refractivity contribution in [3.05, 3.63) is 90.5 Å². The summed E-state index contributed by atoms with van der Waals surface area (Å²) in [5, 5.41) is 6.96. The van der Waals surface area contributed by atoms with Crippen LogP contribution in [0.3, 0.4) is 0 Å². The summed E-state index contributed by atoms with van der Waals surface area (Å²) in [6.07, 6.45) is 1.72. The molecule has 0 aromatic heterocycles. The van der Waals surface area contributed by atoms with Crippen LogP contribution in [-0.2, 0) is 4.79 Å². The number of hydrogen-bond acceptors (Lipinski definition) is 4. The molecule has 0 aliphatic carbocycles. The van der Waals surface area contributed by atoms with Crippen molar-refractivity contribution in [1.29, 1.82) is 0 Å². The zero-order chi connectivity index (χ0) is 18.0. The molecule has 26 heavy (non-hydrogen) atoms. The topological polar surface area (TPSA) is 62.7 Å². The first-order valence-corrected chi connectivity index (χ1v) is 8.21. The molecular formula is C21H19N3O2. The molecule has 0 radical (unpaired) electrons. The minimum absolute atomic E-state index is 0.0438. The SMILES string of the molecule is O=C(COc1ccc(C=NNc2ccccc2)cc1)Nc1ccccc1. The van der Waals surface area contributed by atoms with Crippen molar-refractivity contribution in [3.63, 3.8) is 0 Å². The molecule has 0 fully saturated rings. The van der Waals surface area contributed by atoms with E-state index in [1.807, 2.05) is 72.8 Å². The Labute approximate surface area is 152 Å². The van der Waals surface area contributed by atoms with Crippen LogP contribution in [0.2, 0.25) is 0 Å². The van der Waals surface area contributed by atoms with Crippen molar-refractivity contribution >= 4 is 23.5 Å². The lowest BCUT2D eigenvalue weighted by atomic mass is 10.2. The molecule has 2 N–H and O–H groups in total. The largest absolute Gasteiger partial charge is 0.484 e. The van der Waals surface area contributed by atoms with Gasteiger partial charge in [0, 0.05) is 5.69 Å². The fraction of sp³-hybridized carbons (Fsp3) is 0.0476. The summed E-state index contributed by atoms with van der Waals surface area (Å²) < 4.78 is 5.50. The molecule has 5 heteroatoms. The number of amides is 1. The van der Waals surface area contributed by atoms with Crippen LogP contribution in [-0.4, -0.2) is 18.7 Å². The van der Waals surface area contributed by atoms with Crippen molar-refractivity contribution in [2.45, 2.75) is 0 Å². The number of rotatable bonds is 7. The van der Waals surface area contributed by atoms with Gasteiger partial charge in [-0.05, 0) is 54.1 Å². The van der Waals surface area contributed by atoms with Gasteiger partial charge < -0.3 is 10.1 Å². The standard InChI is InChI=1S/C21H19N3O2/c25-21(23-18-7-3-1-4-8-18)16-26-20-13-11-17(12-14-20)15-22-24-19-9-5-2-6-10-19/h1-15,24H,16H2,(H,23,25). The van der Waals surface area contributed by atoms with E-state index < -0.39 is 0 Å². The summed E-state index contributed by atoms with van der Waals surface area (Å²) >= 11 is 0. The first kappa shape index (κ1) is 17.2. The van der Waals surface area contributed by atoms with Gasteiger partial charge in [0.05, 0.1) is 11.9 Å². The fourth-order valence-electron chi connectivity index (χ4n) is 2.21. The zero-order valence-corrected chi connectivity index (χ0v) is 14.1. The van der Waals surface area contributed by atoms with E-state index in [0.29, 0.717) is 5.75 Å². The maximum Gasteiger partial charge on any atom is 0.262 e. The van der Waals surface area contributed by atoms with Crippen LogP contribution < -0.4 is 15.5 Å². The van der Waals surface area contributed by atoms with Gasteiger partial charge in [0.15, 0.2) is 6.61 Å². The molecule has 0 unspecified atom stereocenters. The van der Waals surface area contributed by atoms with Crippen molar-refractivity contribution in [2.75, 3.05) is 17.3 Å². The van der Waals surface area contributed by atoms with E-state index in [-0.39, 0.29) is 12.5 Å². The first-order chi connectivity index (χ1) is 12.8. The van der Waals surface area contributed by atoms with E-state index >= 15 is 0 Å². The average Bonchev–Trinajstić information content (AvgIpc) is 2.69. The van der Waals surface area contributed by atoms with E-state index in [2.05, 4.69) is 15.8 Å². The Morgan fingerprint density at radius 1 is 0.846 bits per heavy atom. The number of carbonyl (C=O) groups is 1. The van der Waals surface area contributed by atoms with E-state index in [0.717, 1.165) is 16.9 Å². The molecule has 0 saturated heterocycles. The molecule has 0 heterocycles. The van der Waals surface area contributed by atoms with Crippen LogP contribution in [0.1, 0.15) is 5.56 Å². The van der Waals surface area contributed by atoms with Crippen molar-refractivity contribution in [2.24, 2.45) is 5.10 Å². The molecule has 0 bridgehead atoms. The van der Waals surface area contributed by atoms with Crippen molar-refractivity contribution in [3.8, 4) is 5.75 Å². The molecule has 3 aromatic rings. The lowest BCUT2D eigenvalue weighted by Crippen LogP contribution is -2.20. The van der Waals surface area contributed by atoms with Crippen LogP contribution in [0.5, 0.6) is 5.75 Å². The Morgan fingerprint density at radius 3 is 2.12 bits per heavy atom. The number of hydrazone groups is 1. The van der Waals surface area contributed by atoms with Crippen LogP contribution in [0.15, 0.2) is 90.0 Å². The molecule has 3 aromatic carbocycles. The van der Waals surface area contributed by atoms with E-state index in [9.17, 15) is 4.79 Å². The Kier molecular flexibility index (Phi) is 5.99. The van der Waals surface area contributed by atoms with Crippen LogP contribution >= 0.6 is 0 Å². The Bertz CT molecular complexity index is 847. The average molecular weight is 345 g/mol. The summed E-state index contributed by atoms with van der Waals surface area (Å²) in [6, 6.07) is 26.4. The van der Waals surface area contributed by atoms with Gasteiger partial charge in [-0.2, -0.15) is 5.10 Å². The van der Waals surface area contributed by atoms with Crippen LogP contribution in [0.4, 0.5) is 11.4 Å². The third-order valence-corrected chi connectivity index (χ3v) is 3.49. The summed E-state index contributed by atoms with van der Waals surface area (Å²) in [5.41, 5.74) is 5.55. The summed E-state index contributed by atoms with van der Waals surface area (Å²) in [5.74, 6) is 0.426. The van der Waals surface area contributed by atoms with Gasteiger partial charge in [-0.15, -0.1) is 0 Å². The highest BCUT2D eigenvalue weighted by Gasteiger charge is 2.03. The third kappa shape index (κ3) is 5.49. The van der Waals surface area contributed by atoms with Gasteiger partial charge in [0.1, 0.15) is 5.75 Å². The highest BCUT2D eigenvalue weighted by atomic mass is 16.5. The number of benzene rings is 3. The summed E-state index contributed by atoms with van der Waals surface area (Å²) in [7, 11) is 0. The number of ether oxygens (including phenoxy) is 1. The first-order valence-electron chi connectivity index (χ1n) is 8.21. The number of nitrogens with one attached hydrogen (secondary N) is 2. The maximum absolute atomic E-state index is 11.9. The fourth-order valence-corrected chi connectivity index (χ4v) is 2.21. The molecule has 0 atom stereocenters. The number of anilines is 2. The third-order valence-electron chi connectivity index (χ3n) is 3.49. The number of carbonyl (C=O) groups excluding carboxylic acids is 1. The van der Waals surface area contributed by atoms with Crippen molar-refractivity contribution in [1.82, 2.24) is 0 Å². The lowest BCUT2D eigenvalue weighted by Gasteiger charge is -2.07. The minimum atomic E-state index is -0.200. The molecule has 5 nitrogen and oxygen atoms in total. The lowest BCUT2D eigenvalue weighted by molar-refractivity contribution is -0.118.